The van der Waals surface area contributed by atoms with Crippen LogP contribution in [0.3, 0.4) is 0 Å². The number of hydrogen-bond donors (Lipinski definition) is 2. The van der Waals surface area contributed by atoms with Crippen molar-refractivity contribution in [1.29, 1.82) is 0 Å². The van der Waals surface area contributed by atoms with E-state index in [-0.39, 0.29) is 0 Å². The van der Waals surface area contributed by atoms with Crippen molar-refractivity contribution in [1.82, 2.24) is 15.3 Å². The zero-order chi connectivity index (χ0) is 19.4. The molecule has 2 heterocycles. The first kappa shape index (κ1) is 19.5. The Bertz CT molecular complexity index is 712. The van der Waals surface area contributed by atoms with Crippen LogP contribution in [0.5, 0.6) is 11.5 Å². The third-order valence-electron chi connectivity index (χ3n) is 4.59. The Morgan fingerprint density at radius 1 is 1.22 bits per heavy atom. The van der Waals surface area contributed by atoms with Gasteiger partial charge in [-0.15, -0.1) is 0 Å². The van der Waals surface area contributed by atoms with E-state index < -0.39 is 11.6 Å². The normalized spacial score (nSPS) is 17.4. The smallest absolute Gasteiger partial charge is 0.422 e. The van der Waals surface area contributed by atoms with E-state index in [0.717, 1.165) is 43.1 Å². The number of rotatable bonds is 5. The maximum Gasteiger partial charge on any atom is 0.422 e. The fourth-order valence-electron chi connectivity index (χ4n) is 3.49. The average molecular weight is 375 g/mol. The Morgan fingerprint density at radius 3 is 2.67 bits per heavy atom. The van der Waals surface area contributed by atoms with Gasteiger partial charge in [0.25, 0.3) is 0 Å². The van der Waals surface area contributed by atoms with Gasteiger partial charge in [0, 0.05) is 26.2 Å². The number of carbonyl (C=O) groups is 1. The van der Waals surface area contributed by atoms with E-state index in [9.17, 15) is 9.90 Å². The molecule has 1 amide bonds. The van der Waals surface area contributed by atoms with Gasteiger partial charge in [0.05, 0.1) is 5.54 Å². The molecule has 148 valence electrons. The van der Waals surface area contributed by atoms with Crippen LogP contribution in [0.15, 0.2) is 29.8 Å². The molecule has 0 unspecified atom stereocenters. The number of ether oxygens (including phenoxy) is 2. The van der Waals surface area contributed by atoms with E-state index in [4.69, 9.17) is 9.47 Å². The molecule has 0 saturated heterocycles. The maximum absolute atomic E-state index is 11.7. The zero-order valence-corrected chi connectivity index (χ0v) is 16.3. The van der Waals surface area contributed by atoms with Gasteiger partial charge in [-0.3, -0.25) is 0 Å². The molecule has 2 aliphatic heterocycles. The number of nitrogens with one attached hydrogen (secondary N) is 1. The molecule has 7 heteroatoms. The van der Waals surface area contributed by atoms with Gasteiger partial charge in [0.15, 0.2) is 11.5 Å². The van der Waals surface area contributed by atoms with Crippen LogP contribution in [0.1, 0.15) is 32.8 Å². The Hall–Kier alpha value is -2.25. The van der Waals surface area contributed by atoms with E-state index in [1.165, 1.54) is 10.6 Å². The Balaban J connectivity index is 1.54. The monoisotopic (exact) mass is 375 g/mol. The van der Waals surface area contributed by atoms with E-state index in [0.29, 0.717) is 19.8 Å². The molecule has 0 aliphatic carbocycles. The van der Waals surface area contributed by atoms with E-state index >= 15 is 0 Å². The lowest BCUT2D eigenvalue weighted by atomic mass is 10.1. The molecular formula is C20H29N3O4. The highest BCUT2D eigenvalue weighted by atomic mass is 16.6. The van der Waals surface area contributed by atoms with Crippen LogP contribution in [-0.4, -0.2) is 59.6 Å². The molecular weight excluding hydrogens is 346 g/mol. The topological polar surface area (TPSA) is 74.3 Å². The van der Waals surface area contributed by atoms with Crippen molar-refractivity contribution in [3.63, 3.8) is 0 Å². The molecule has 2 aliphatic rings. The number of nitrogens with zero attached hydrogens (tertiary/aromatic N) is 2. The molecule has 0 aromatic heterocycles. The molecule has 1 aromatic rings. The van der Waals surface area contributed by atoms with Crippen LogP contribution in [0.4, 0.5) is 4.79 Å². The highest BCUT2D eigenvalue weighted by Crippen LogP contribution is 2.30. The maximum atomic E-state index is 11.7. The first-order valence-electron chi connectivity index (χ1n) is 9.40. The minimum atomic E-state index is -0.909. The summed E-state index contributed by atoms with van der Waals surface area (Å²) >= 11 is 0. The predicted molar refractivity (Wildman–Crippen MR) is 103 cm³/mol. The van der Waals surface area contributed by atoms with E-state index in [2.05, 4.69) is 11.4 Å². The molecule has 0 saturated carbocycles. The Labute approximate surface area is 160 Å². The van der Waals surface area contributed by atoms with Gasteiger partial charge < -0.3 is 19.9 Å². The number of amides is 1. The summed E-state index contributed by atoms with van der Waals surface area (Å²) in [6.45, 7) is 9.71. The Kier molecular flexibility index (Phi) is 5.92. The number of fused-ring (bicyclic) bond motifs is 1. The van der Waals surface area contributed by atoms with Gasteiger partial charge in [-0.25, -0.2) is 14.8 Å². The summed E-state index contributed by atoms with van der Waals surface area (Å²) in [4.78, 5) is 11.7. The summed E-state index contributed by atoms with van der Waals surface area (Å²) in [7, 11) is 0. The minimum Gasteiger partial charge on any atom is -0.486 e. The molecule has 7 nitrogen and oxygen atoms in total. The molecule has 2 N–H and O–H groups in total. The molecule has 3 rings (SSSR count). The molecule has 0 radical (unpaired) electrons. The lowest BCUT2D eigenvalue weighted by Crippen LogP contribution is -2.57. The average Bonchev–Trinajstić information content (AvgIpc) is 2.60. The quantitative estimate of drug-likeness (QED) is 0.771. The number of benzene rings is 1. The van der Waals surface area contributed by atoms with Crippen molar-refractivity contribution in [3.8, 4) is 11.5 Å². The predicted octanol–water partition coefficient (Wildman–Crippen LogP) is 2.87. The number of carboxylic acid groups (broad SMARTS) is 1. The van der Waals surface area contributed by atoms with E-state index in [1.54, 1.807) is 0 Å². The van der Waals surface area contributed by atoms with Crippen molar-refractivity contribution in [2.24, 2.45) is 0 Å². The fourth-order valence-corrected chi connectivity index (χ4v) is 3.49. The van der Waals surface area contributed by atoms with Crippen LogP contribution in [-0.2, 0) is 6.54 Å². The molecule has 27 heavy (non-hydrogen) atoms. The van der Waals surface area contributed by atoms with Gasteiger partial charge >= 0.3 is 6.09 Å². The van der Waals surface area contributed by atoms with Crippen LogP contribution < -0.4 is 14.8 Å². The first-order chi connectivity index (χ1) is 12.8. The van der Waals surface area contributed by atoms with Crippen LogP contribution in [0, 0.1) is 0 Å². The summed E-state index contributed by atoms with van der Waals surface area (Å²) in [5, 5.41) is 16.4. The fraction of sp³-hybridized carbons (Fsp3) is 0.550. The molecule has 0 spiro atoms. The second-order valence-corrected chi connectivity index (χ2v) is 7.89. The summed E-state index contributed by atoms with van der Waals surface area (Å²) in [5.74, 6) is 1.59. The van der Waals surface area contributed by atoms with E-state index in [1.807, 2.05) is 44.0 Å². The van der Waals surface area contributed by atoms with Crippen molar-refractivity contribution in [3.05, 3.63) is 35.4 Å². The van der Waals surface area contributed by atoms with Crippen LogP contribution >= 0.6 is 0 Å². The molecule has 0 fully saturated rings. The second-order valence-electron chi connectivity index (χ2n) is 7.89. The summed E-state index contributed by atoms with van der Waals surface area (Å²) < 4.78 is 11.2. The number of hydrazine groups is 1. The minimum absolute atomic E-state index is 0.465. The summed E-state index contributed by atoms with van der Waals surface area (Å²) in [6, 6.07) is 5.99. The van der Waals surface area contributed by atoms with Crippen molar-refractivity contribution >= 4 is 6.09 Å². The largest absolute Gasteiger partial charge is 0.486 e. The van der Waals surface area contributed by atoms with Crippen LogP contribution in [0.25, 0.3) is 0 Å². The summed E-state index contributed by atoms with van der Waals surface area (Å²) in [5.41, 5.74) is 1.87. The van der Waals surface area contributed by atoms with Crippen LogP contribution in [0.2, 0.25) is 0 Å². The highest BCUT2D eigenvalue weighted by molar-refractivity contribution is 5.65. The second kappa shape index (κ2) is 8.19. The van der Waals surface area contributed by atoms with Gasteiger partial charge in [-0.2, -0.15) is 0 Å². The number of hydrogen-bond acceptors (Lipinski definition) is 5. The lowest BCUT2D eigenvalue weighted by Gasteiger charge is -2.43. The van der Waals surface area contributed by atoms with Gasteiger partial charge in [0.1, 0.15) is 13.2 Å². The van der Waals surface area contributed by atoms with Crippen molar-refractivity contribution in [2.45, 2.75) is 39.3 Å². The lowest BCUT2D eigenvalue weighted by molar-refractivity contribution is -0.0621. The highest BCUT2D eigenvalue weighted by Gasteiger charge is 2.32. The molecule has 0 bridgehead atoms. The third kappa shape index (κ3) is 4.93. The Morgan fingerprint density at radius 2 is 1.96 bits per heavy atom. The summed E-state index contributed by atoms with van der Waals surface area (Å²) in [6.07, 6.45) is 2.14. The standard InChI is InChI=1S/C20H29N3O4/c1-20(2,3)23(19(24)25)22-8-4-5-16(14-22)13-21-12-15-6-7-17-18(11-15)27-10-9-26-17/h5-7,11,21H,4,8-10,12-14H2,1-3H3,(H,24,25). The van der Waals surface area contributed by atoms with Crippen molar-refractivity contribution in [2.75, 3.05) is 32.8 Å². The third-order valence-corrected chi connectivity index (χ3v) is 4.59. The SMILES string of the molecule is CC(C)(C)N(C(=O)O)N1CCC=C(CNCc2ccc3c(c2)OCCO3)C1. The van der Waals surface area contributed by atoms with Gasteiger partial charge in [0.2, 0.25) is 0 Å². The van der Waals surface area contributed by atoms with Crippen molar-refractivity contribution < 1.29 is 19.4 Å². The molecule has 0 atom stereocenters. The molecule has 1 aromatic carbocycles. The van der Waals surface area contributed by atoms with Gasteiger partial charge in [-0.1, -0.05) is 12.1 Å². The first-order valence-corrected chi connectivity index (χ1v) is 9.40. The van der Waals surface area contributed by atoms with Gasteiger partial charge in [-0.05, 0) is 50.5 Å². The zero-order valence-electron chi connectivity index (χ0n) is 16.3.